The van der Waals surface area contributed by atoms with Gasteiger partial charge in [-0.1, -0.05) is 0 Å². The number of carbonyl (C=O) groups is 1. The molecule has 3 rings (SSSR count). The van der Waals surface area contributed by atoms with Crippen molar-refractivity contribution in [2.24, 2.45) is 0 Å². The molecule has 2 aliphatic heterocycles. The van der Waals surface area contributed by atoms with Gasteiger partial charge in [0.05, 0.1) is 11.1 Å². The molecule has 2 saturated heterocycles. The molecule has 9 heteroatoms. The molecular weight excluding hydrogens is 374 g/mol. The van der Waals surface area contributed by atoms with E-state index in [1.165, 1.54) is 4.90 Å². The molecule has 2 fully saturated rings. The second-order valence-electron chi connectivity index (χ2n) is 7.10. The number of amides is 1. The minimum Gasteiger partial charge on any atom is -0.334 e. The molecule has 1 atom stereocenters. The van der Waals surface area contributed by atoms with Crippen LogP contribution in [0.4, 0.5) is 26.3 Å². The molecule has 0 aromatic heterocycles. The lowest BCUT2D eigenvalue weighted by Crippen LogP contribution is -2.42. The number of alkyl halides is 6. The Bertz CT molecular complexity index is 662. The van der Waals surface area contributed by atoms with Gasteiger partial charge in [0.25, 0.3) is 5.91 Å². The first-order valence-corrected chi connectivity index (χ1v) is 8.88. The van der Waals surface area contributed by atoms with Crippen molar-refractivity contribution < 1.29 is 31.1 Å². The lowest BCUT2D eigenvalue weighted by atomic mass is 10.0. The molecule has 2 aliphatic rings. The maximum Gasteiger partial charge on any atom is 0.416 e. The molecule has 150 valence electrons. The van der Waals surface area contributed by atoms with Crippen LogP contribution in [0.2, 0.25) is 0 Å². The number of nitrogens with zero attached hydrogens (tertiary/aromatic N) is 2. The predicted molar refractivity (Wildman–Crippen MR) is 86.2 cm³/mol. The molecule has 2 heterocycles. The summed E-state index contributed by atoms with van der Waals surface area (Å²) in [4.78, 5) is 16.4. The predicted octanol–water partition coefficient (Wildman–Crippen LogP) is 4.42. The van der Waals surface area contributed by atoms with Gasteiger partial charge in [0, 0.05) is 24.7 Å². The molecule has 0 saturated carbocycles. The van der Waals surface area contributed by atoms with Crippen LogP contribution in [0.25, 0.3) is 0 Å². The third-order valence-electron chi connectivity index (χ3n) is 5.14. The second-order valence-corrected chi connectivity index (χ2v) is 7.10. The normalized spacial score (nSPS) is 21.9. The molecule has 0 bridgehead atoms. The first kappa shape index (κ1) is 20.0. The van der Waals surface area contributed by atoms with Gasteiger partial charge in [-0.05, 0) is 57.0 Å². The zero-order valence-corrected chi connectivity index (χ0v) is 14.5. The molecule has 0 aliphatic carbocycles. The first-order valence-electron chi connectivity index (χ1n) is 8.88. The summed E-state index contributed by atoms with van der Waals surface area (Å²) in [6.45, 7) is 2.76. The quantitative estimate of drug-likeness (QED) is 0.709. The molecule has 27 heavy (non-hydrogen) atoms. The Kier molecular flexibility index (Phi) is 5.42. The SMILES string of the molecule is O=C(c1cc(C(F)(F)F)cc(C(F)(F)F)c1)N1CCCC1CN1CCCC1. The van der Waals surface area contributed by atoms with Gasteiger partial charge in [-0.15, -0.1) is 0 Å². The Hall–Kier alpha value is -1.77. The Balaban J connectivity index is 1.88. The summed E-state index contributed by atoms with van der Waals surface area (Å²) in [5.41, 5.74) is -3.49. The summed E-state index contributed by atoms with van der Waals surface area (Å²) >= 11 is 0. The number of halogens is 6. The maximum atomic E-state index is 13.0. The van der Waals surface area contributed by atoms with Gasteiger partial charge < -0.3 is 9.80 Å². The fourth-order valence-corrected chi connectivity index (χ4v) is 3.80. The molecule has 1 aromatic rings. The van der Waals surface area contributed by atoms with Crippen molar-refractivity contribution >= 4 is 5.91 Å². The van der Waals surface area contributed by atoms with E-state index in [4.69, 9.17) is 0 Å². The van der Waals surface area contributed by atoms with Crippen molar-refractivity contribution in [3.05, 3.63) is 34.9 Å². The van der Waals surface area contributed by atoms with E-state index in [9.17, 15) is 31.1 Å². The number of hydrogen-bond acceptors (Lipinski definition) is 2. The lowest BCUT2D eigenvalue weighted by Gasteiger charge is -2.29. The number of benzene rings is 1. The Labute approximate surface area is 152 Å². The van der Waals surface area contributed by atoms with Gasteiger partial charge in [0.15, 0.2) is 0 Å². The van der Waals surface area contributed by atoms with Gasteiger partial charge >= 0.3 is 12.4 Å². The van der Waals surface area contributed by atoms with Crippen LogP contribution in [-0.2, 0) is 12.4 Å². The molecule has 0 N–H and O–H groups in total. The van der Waals surface area contributed by atoms with Crippen molar-refractivity contribution in [1.29, 1.82) is 0 Å². The highest BCUT2D eigenvalue weighted by atomic mass is 19.4. The van der Waals surface area contributed by atoms with Crippen LogP contribution in [0, 0.1) is 0 Å². The van der Waals surface area contributed by atoms with Crippen molar-refractivity contribution in [3.8, 4) is 0 Å². The third-order valence-corrected chi connectivity index (χ3v) is 5.14. The smallest absolute Gasteiger partial charge is 0.334 e. The van der Waals surface area contributed by atoms with Crippen molar-refractivity contribution in [3.63, 3.8) is 0 Å². The van der Waals surface area contributed by atoms with E-state index in [0.717, 1.165) is 25.9 Å². The van der Waals surface area contributed by atoms with E-state index in [1.54, 1.807) is 0 Å². The molecule has 1 amide bonds. The van der Waals surface area contributed by atoms with Crippen molar-refractivity contribution in [2.45, 2.75) is 44.1 Å². The number of rotatable bonds is 3. The van der Waals surface area contributed by atoms with Crippen LogP contribution in [0.15, 0.2) is 18.2 Å². The molecular formula is C18H20F6N2O. The summed E-state index contributed by atoms with van der Waals surface area (Å²) in [5, 5.41) is 0. The lowest BCUT2D eigenvalue weighted by molar-refractivity contribution is -0.143. The summed E-state index contributed by atoms with van der Waals surface area (Å²) < 4.78 is 78.2. The molecule has 3 nitrogen and oxygen atoms in total. The average Bonchev–Trinajstić information content (AvgIpc) is 3.24. The van der Waals surface area contributed by atoms with Crippen molar-refractivity contribution in [2.75, 3.05) is 26.2 Å². The van der Waals surface area contributed by atoms with Crippen LogP contribution in [-0.4, -0.2) is 47.9 Å². The largest absolute Gasteiger partial charge is 0.416 e. The Morgan fingerprint density at radius 3 is 1.96 bits per heavy atom. The maximum absolute atomic E-state index is 13.0. The van der Waals surface area contributed by atoms with Crippen LogP contribution in [0.3, 0.4) is 0 Å². The van der Waals surface area contributed by atoms with Gasteiger partial charge in [0.2, 0.25) is 0 Å². The van der Waals surface area contributed by atoms with Gasteiger partial charge in [0.1, 0.15) is 0 Å². The molecule has 1 unspecified atom stereocenters. The van der Waals surface area contributed by atoms with E-state index in [-0.39, 0.29) is 12.1 Å². The molecule has 1 aromatic carbocycles. The number of likely N-dealkylation sites (tertiary alicyclic amines) is 2. The zero-order chi connectivity index (χ0) is 19.8. The van der Waals surface area contributed by atoms with E-state index in [2.05, 4.69) is 4.90 Å². The van der Waals surface area contributed by atoms with E-state index in [0.29, 0.717) is 38.1 Å². The van der Waals surface area contributed by atoms with E-state index < -0.39 is 35.0 Å². The second kappa shape index (κ2) is 7.33. The number of carbonyl (C=O) groups excluding carboxylic acids is 1. The van der Waals surface area contributed by atoms with Crippen molar-refractivity contribution in [1.82, 2.24) is 9.80 Å². The highest BCUT2D eigenvalue weighted by Gasteiger charge is 2.39. The van der Waals surface area contributed by atoms with Gasteiger partial charge in [-0.3, -0.25) is 4.79 Å². The zero-order valence-electron chi connectivity index (χ0n) is 14.5. The van der Waals surface area contributed by atoms with Crippen LogP contribution in [0.1, 0.15) is 47.2 Å². The average molecular weight is 394 g/mol. The topological polar surface area (TPSA) is 23.6 Å². The summed E-state index contributed by atoms with van der Waals surface area (Å²) in [5.74, 6) is -0.770. The highest BCUT2D eigenvalue weighted by molar-refractivity contribution is 5.95. The minimum absolute atomic E-state index is 0.0441. The Morgan fingerprint density at radius 2 is 1.44 bits per heavy atom. The summed E-state index contributed by atoms with van der Waals surface area (Å²) in [6, 6.07) is 0.896. The Morgan fingerprint density at radius 1 is 0.889 bits per heavy atom. The fraction of sp³-hybridized carbons (Fsp3) is 0.611. The van der Waals surface area contributed by atoms with E-state index in [1.807, 2.05) is 0 Å². The standard InChI is InChI=1S/C18H20F6N2O/c19-17(20,21)13-8-12(9-14(10-13)18(22,23)24)16(27)26-7-3-4-15(26)11-25-5-1-2-6-25/h8-10,15H,1-7,11H2. The summed E-state index contributed by atoms with van der Waals surface area (Å²) in [6.07, 6.45) is -6.42. The van der Waals surface area contributed by atoms with Gasteiger partial charge in [-0.2, -0.15) is 26.3 Å². The first-order chi connectivity index (χ1) is 12.6. The van der Waals surface area contributed by atoms with Crippen LogP contribution >= 0.6 is 0 Å². The van der Waals surface area contributed by atoms with Gasteiger partial charge in [-0.25, -0.2) is 0 Å². The molecule has 0 radical (unpaired) electrons. The monoisotopic (exact) mass is 394 g/mol. The fourth-order valence-electron chi connectivity index (χ4n) is 3.80. The third kappa shape index (κ3) is 4.56. The van der Waals surface area contributed by atoms with E-state index >= 15 is 0 Å². The number of hydrogen-bond donors (Lipinski definition) is 0. The van der Waals surface area contributed by atoms with Crippen LogP contribution in [0.5, 0.6) is 0 Å². The highest BCUT2D eigenvalue weighted by Crippen LogP contribution is 2.37. The van der Waals surface area contributed by atoms with Crippen LogP contribution < -0.4 is 0 Å². The minimum atomic E-state index is -4.96. The summed E-state index contributed by atoms with van der Waals surface area (Å²) in [7, 11) is 0. The molecule has 0 spiro atoms.